The number of hydrogen-bond donors (Lipinski definition) is 2. The standard InChI is InChI=1S/C14H16N4OS/c1-16-13(19)11-12(15)17-20-14(11)18-7-6-9-4-2-3-5-10(9)8-18/h2-5H,6-8H2,1H3,(H2,15,17)(H,16,19). The van der Waals surface area contributed by atoms with Crippen molar-refractivity contribution in [3.63, 3.8) is 0 Å². The summed E-state index contributed by atoms with van der Waals surface area (Å²) in [4.78, 5) is 14.1. The highest BCUT2D eigenvalue weighted by molar-refractivity contribution is 7.11. The Labute approximate surface area is 121 Å². The zero-order chi connectivity index (χ0) is 14.1. The molecule has 0 saturated carbocycles. The lowest BCUT2D eigenvalue weighted by Crippen LogP contribution is -2.31. The van der Waals surface area contributed by atoms with Crippen LogP contribution in [0.4, 0.5) is 10.8 Å². The Kier molecular flexibility index (Phi) is 3.31. The first-order chi connectivity index (χ1) is 9.70. The second kappa shape index (κ2) is 5.13. The minimum absolute atomic E-state index is 0.176. The molecule has 0 aliphatic carbocycles. The van der Waals surface area contributed by atoms with Crippen molar-refractivity contribution < 1.29 is 4.79 Å². The number of nitrogens with two attached hydrogens (primary N) is 1. The van der Waals surface area contributed by atoms with Crippen LogP contribution >= 0.6 is 11.5 Å². The van der Waals surface area contributed by atoms with Gasteiger partial charge in [0.1, 0.15) is 10.6 Å². The lowest BCUT2D eigenvalue weighted by atomic mass is 10.00. The second-order valence-corrected chi connectivity index (χ2v) is 5.52. The number of aromatic nitrogens is 1. The molecule has 5 nitrogen and oxygen atoms in total. The summed E-state index contributed by atoms with van der Waals surface area (Å²) >= 11 is 1.29. The van der Waals surface area contributed by atoms with Crippen LogP contribution < -0.4 is 16.0 Å². The molecule has 3 N–H and O–H groups in total. The Hall–Kier alpha value is -2.08. The molecule has 2 aromatic rings. The first-order valence-corrected chi connectivity index (χ1v) is 7.27. The van der Waals surface area contributed by atoms with Crippen LogP contribution in [0.1, 0.15) is 21.5 Å². The quantitative estimate of drug-likeness (QED) is 0.881. The summed E-state index contributed by atoms with van der Waals surface area (Å²) in [5, 5.41) is 3.49. The molecule has 3 rings (SSSR count). The summed E-state index contributed by atoms with van der Waals surface area (Å²) in [7, 11) is 1.61. The van der Waals surface area contributed by atoms with Crippen LogP contribution in [0, 0.1) is 0 Å². The predicted octanol–water partition coefficient (Wildman–Crippen LogP) is 1.65. The Morgan fingerprint density at radius 2 is 2.15 bits per heavy atom. The molecule has 1 aromatic heterocycles. The predicted molar refractivity (Wildman–Crippen MR) is 81.1 cm³/mol. The van der Waals surface area contributed by atoms with E-state index in [-0.39, 0.29) is 5.91 Å². The topological polar surface area (TPSA) is 71.2 Å². The molecule has 1 aliphatic rings. The third kappa shape index (κ3) is 2.12. The number of nitrogen functional groups attached to an aromatic ring is 1. The molecule has 0 atom stereocenters. The first-order valence-electron chi connectivity index (χ1n) is 6.49. The zero-order valence-electron chi connectivity index (χ0n) is 11.2. The molecule has 0 fully saturated rings. The van der Waals surface area contributed by atoms with Gasteiger partial charge in [0.15, 0.2) is 5.82 Å². The van der Waals surface area contributed by atoms with Gasteiger partial charge in [-0.05, 0) is 29.1 Å². The smallest absolute Gasteiger partial charge is 0.257 e. The van der Waals surface area contributed by atoms with Gasteiger partial charge < -0.3 is 16.0 Å². The van der Waals surface area contributed by atoms with E-state index < -0.39 is 0 Å². The first kappa shape index (κ1) is 12.9. The van der Waals surface area contributed by atoms with Crippen LogP contribution in [-0.4, -0.2) is 23.9 Å². The van der Waals surface area contributed by atoms with Crippen molar-refractivity contribution >= 4 is 28.3 Å². The molecule has 6 heteroatoms. The van der Waals surface area contributed by atoms with Crippen LogP contribution in [0.25, 0.3) is 0 Å². The Balaban J connectivity index is 1.94. The van der Waals surface area contributed by atoms with Gasteiger partial charge in [-0.15, -0.1) is 0 Å². The largest absolute Gasteiger partial charge is 0.382 e. The van der Waals surface area contributed by atoms with Gasteiger partial charge in [-0.3, -0.25) is 4.79 Å². The van der Waals surface area contributed by atoms with E-state index in [4.69, 9.17) is 5.73 Å². The average molecular weight is 288 g/mol. The van der Waals surface area contributed by atoms with E-state index in [1.54, 1.807) is 7.05 Å². The van der Waals surface area contributed by atoms with Gasteiger partial charge in [-0.25, -0.2) is 0 Å². The number of nitrogens with one attached hydrogen (secondary N) is 1. The summed E-state index contributed by atoms with van der Waals surface area (Å²) in [5.74, 6) is 0.133. The minimum atomic E-state index is -0.176. The number of nitrogens with zero attached hydrogens (tertiary/aromatic N) is 2. The van der Waals surface area contributed by atoms with Crippen LogP contribution in [-0.2, 0) is 13.0 Å². The molecule has 0 saturated heterocycles. The second-order valence-electron chi connectivity index (χ2n) is 4.77. The number of fused-ring (bicyclic) bond motifs is 1. The van der Waals surface area contributed by atoms with Gasteiger partial charge in [0.05, 0.1) is 0 Å². The SMILES string of the molecule is CNC(=O)c1c(N)nsc1N1CCc2ccccc2C1. The maximum Gasteiger partial charge on any atom is 0.257 e. The number of carbonyl (C=O) groups is 1. The van der Waals surface area contributed by atoms with Crippen LogP contribution in [0.5, 0.6) is 0 Å². The van der Waals surface area contributed by atoms with Crippen molar-refractivity contribution in [3.05, 3.63) is 41.0 Å². The number of anilines is 2. The highest BCUT2D eigenvalue weighted by Gasteiger charge is 2.25. The van der Waals surface area contributed by atoms with Gasteiger partial charge in [0.2, 0.25) is 0 Å². The average Bonchev–Trinajstić information content (AvgIpc) is 2.87. The van der Waals surface area contributed by atoms with Gasteiger partial charge in [0.25, 0.3) is 5.91 Å². The number of benzene rings is 1. The molecule has 1 amide bonds. The normalized spacial score (nSPS) is 13.9. The van der Waals surface area contributed by atoms with E-state index in [0.717, 1.165) is 24.5 Å². The lowest BCUT2D eigenvalue weighted by Gasteiger charge is -2.29. The monoisotopic (exact) mass is 288 g/mol. The molecule has 104 valence electrons. The Morgan fingerprint density at radius 3 is 2.90 bits per heavy atom. The molecule has 20 heavy (non-hydrogen) atoms. The summed E-state index contributed by atoms with van der Waals surface area (Å²) < 4.78 is 4.13. The van der Waals surface area contributed by atoms with E-state index in [1.807, 2.05) is 6.07 Å². The fourth-order valence-corrected chi connectivity index (χ4v) is 3.35. The minimum Gasteiger partial charge on any atom is -0.382 e. The van der Waals surface area contributed by atoms with Crippen molar-refractivity contribution in [3.8, 4) is 0 Å². The fourth-order valence-electron chi connectivity index (χ4n) is 2.52. The molecule has 0 radical (unpaired) electrons. The van der Waals surface area contributed by atoms with Gasteiger partial charge in [0, 0.05) is 20.1 Å². The lowest BCUT2D eigenvalue weighted by molar-refractivity contribution is 0.0964. The molecular weight excluding hydrogens is 272 g/mol. The molecule has 0 unspecified atom stereocenters. The molecule has 1 aromatic carbocycles. The van der Waals surface area contributed by atoms with E-state index in [0.29, 0.717) is 11.4 Å². The molecule has 0 spiro atoms. The Morgan fingerprint density at radius 1 is 1.40 bits per heavy atom. The molecule has 1 aliphatic heterocycles. The van der Waals surface area contributed by atoms with Crippen LogP contribution in [0.2, 0.25) is 0 Å². The highest BCUT2D eigenvalue weighted by Crippen LogP contribution is 2.33. The molecular formula is C14H16N4OS. The maximum absolute atomic E-state index is 12.0. The van der Waals surface area contributed by atoms with Crippen molar-refractivity contribution in [1.82, 2.24) is 9.69 Å². The van der Waals surface area contributed by atoms with Gasteiger partial charge in [-0.2, -0.15) is 4.37 Å². The van der Waals surface area contributed by atoms with Crippen molar-refractivity contribution in [2.24, 2.45) is 0 Å². The Bertz CT molecular complexity index is 652. The number of rotatable bonds is 2. The van der Waals surface area contributed by atoms with Crippen molar-refractivity contribution in [2.75, 3.05) is 24.2 Å². The van der Waals surface area contributed by atoms with Crippen molar-refractivity contribution in [1.29, 1.82) is 0 Å². The van der Waals surface area contributed by atoms with E-state index in [9.17, 15) is 4.79 Å². The summed E-state index contributed by atoms with van der Waals surface area (Å²) in [6.07, 6.45) is 0.973. The summed E-state index contributed by atoms with van der Waals surface area (Å²) in [6.45, 7) is 1.67. The summed E-state index contributed by atoms with van der Waals surface area (Å²) in [6, 6.07) is 8.40. The third-order valence-electron chi connectivity index (χ3n) is 3.57. The number of carbonyl (C=O) groups excluding carboxylic acids is 1. The van der Waals surface area contributed by atoms with Gasteiger partial charge in [-0.1, -0.05) is 24.3 Å². The zero-order valence-corrected chi connectivity index (χ0v) is 12.0. The van der Waals surface area contributed by atoms with E-state index in [1.165, 1.54) is 22.7 Å². The van der Waals surface area contributed by atoms with E-state index >= 15 is 0 Å². The fraction of sp³-hybridized carbons (Fsp3) is 0.286. The third-order valence-corrected chi connectivity index (χ3v) is 4.50. The van der Waals surface area contributed by atoms with Crippen molar-refractivity contribution in [2.45, 2.75) is 13.0 Å². The van der Waals surface area contributed by atoms with Crippen LogP contribution in [0.15, 0.2) is 24.3 Å². The van der Waals surface area contributed by atoms with Crippen LogP contribution in [0.3, 0.4) is 0 Å². The maximum atomic E-state index is 12.0. The molecule has 0 bridgehead atoms. The number of hydrogen-bond acceptors (Lipinski definition) is 5. The summed E-state index contributed by atoms with van der Waals surface area (Å²) in [5.41, 5.74) is 9.01. The van der Waals surface area contributed by atoms with Gasteiger partial charge >= 0.3 is 0 Å². The molecule has 2 heterocycles. The number of amides is 1. The highest BCUT2D eigenvalue weighted by atomic mass is 32.1. The van der Waals surface area contributed by atoms with E-state index in [2.05, 4.69) is 32.8 Å².